The average molecular weight is 504 g/mol. The lowest BCUT2D eigenvalue weighted by molar-refractivity contribution is 0.0955. The van der Waals surface area contributed by atoms with Crippen molar-refractivity contribution in [2.75, 3.05) is 26.7 Å². The van der Waals surface area contributed by atoms with Gasteiger partial charge in [0.1, 0.15) is 0 Å². The summed E-state index contributed by atoms with van der Waals surface area (Å²) in [6.45, 7) is 4.46. The zero-order valence-electron chi connectivity index (χ0n) is 15.9. The van der Waals surface area contributed by atoms with Gasteiger partial charge in [0.25, 0.3) is 5.91 Å². The molecule has 6 nitrogen and oxygen atoms in total. The van der Waals surface area contributed by atoms with Crippen LogP contribution < -0.4 is 10.6 Å². The highest BCUT2D eigenvalue weighted by molar-refractivity contribution is 14.0. The topological polar surface area (TPSA) is 61.7 Å². The summed E-state index contributed by atoms with van der Waals surface area (Å²) in [5, 5.41) is 6.88. The fourth-order valence-corrected chi connectivity index (χ4v) is 2.81. The molecule has 0 atom stereocenters. The Labute approximate surface area is 183 Å². The van der Waals surface area contributed by atoms with E-state index in [1.54, 1.807) is 12.1 Å². The number of aryl methyl sites for hydroxylation is 1. The van der Waals surface area contributed by atoms with Gasteiger partial charge in [0, 0.05) is 44.6 Å². The predicted molar refractivity (Wildman–Crippen MR) is 122 cm³/mol. The summed E-state index contributed by atoms with van der Waals surface area (Å²) < 4.78 is 2.00. The largest absolute Gasteiger partial charge is 0.357 e. The number of guanidine groups is 1. The summed E-state index contributed by atoms with van der Waals surface area (Å²) in [7, 11) is 3.95. The molecule has 1 heterocycles. The molecule has 27 heavy (non-hydrogen) atoms. The quantitative estimate of drug-likeness (QED) is 0.264. The fraction of sp³-hybridized carbons (Fsp3) is 0.368. The van der Waals surface area contributed by atoms with E-state index < -0.39 is 0 Å². The second kappa shape index (κ2) is 11.9. The Bertz CT molecular complexity index is 748. The van der Waals surface area contributed by atoms with Gasteiger partial charge in [-0.3, -0.25) is 9.79 Å². The van der Waals surface area contributed by atoms with E-state index in [1.165, 1.54) is 0 Å². The molecule has 0 unspecified atom stereocenters. The van der Waals surface area contributed by atoms with Crippen molar-refractivity contribution in [1.82, 2.24) is 20.1 Å². The second-order valence-corrected chi connectivity index (χ2v) is 6.41. The maximum absolute atomic E-state index is 12.0. The molecule has 0 aliphatic rings. The van der Waals surface area contributed by atoms with Crippen LogP contribution >= 0.6 is 35.6 Å². The first kappa shape index (κ1) is 23.3. The number of nitrogens with one attached hydrogen (secondary N) is 2. The van der Waals surface area contributed by atoms with Crippen LogP contribution in [0.15, 0.2) is 47.6 Å². The highest BCUT2D eigenvalue weighted by Gasteiger charge is 2.10. The second-order valence-electron chi connectivity index (χ2n) is 5.97. The van der Waals surface area contributed by atoms with Crippen LogP contribution in [0.3, 0.4) is 0 Å². The zero-order chi connectivity index (χ0) is 18.9. The Balaban J connectivity index is 0.00000364. The SMILES string of the molecule is CCNC(=NCCNC(=O)c1ccccc1)N(C)Cc1cc(Cl)cn1C.I. The molecule has 0 radical (unpaired) electrons. The minimum Gasteiger partial charge on any atom is -0.357 e. The van der Waals surface area contributed by atoms with Crippen LogP contribution in [0.1, 0.15) is 23.0 Å². The molecule has 0 saturated heterocycles. The number of aromatic nitrogens is 1. The van der Waals surface area contributed by atoms with Crippen LogP contribution in [0.2, 0.25) is 5.02 Å². The van der Waals surface area contributed by atoms with Crippen LogP contribution in [-0.2, 0) is 13.6 Å². The predicted octanol–water partition coefficient (Wildman–Crippen LogP) is 3.12. The third kappa shape index (κ3) is 7.42. The minimum absolute atomic E-state index is 0. The van der Waals surface area contributed by atoms with Crippen LogP contribution in [0.25, 0.3) is 0 Å². The summed E-state index contributed by atoms with van der Waals surface area (Å²) in [6, 6.07) is 11.1. The van der Waals surface area contributed by atoms with Crippen LogP contribution in [-0.4, -0.2) is 48.0 Å². The van der Waals surface area contributed by atoms with Crippen LogP contribution in [0.4, 0.5) is 0 Å². The van der Waals surface area contributed by atoms with Crippen molar-refractivity contribution in [3.05, 3.63) is 58.9 Å². The van der Waals surface area contributed by atoms with Gasteiger partial charge in [-0.2, -0.15) is 0 Å². The van der Waals surface area contributed by atoms with Crippen molar-refractivity contribution in [2.24, 2.45) is 12.0 Å². The Hall–Kier alpha value is -1.74. The maximum Gasteiger partial charge on any atom is 0.251 e. The number of benzene rings is 1. The first-order chi connectivity index (χ1) is 12.5. The lowest BCUT2D eigenvalue weighted by atomic mass is 10.2. The summed E-state index contributed by atoms with van der Waals surface area (Å²) in [6.07, 6.45) is 1.88. The third-order valence-electron chi connectivity index (χ3n) is 3.87. The molecule has 1 aromatic carbocycles. The van der Waals surface area contributed by atoms with Gasteiger partial charge in [0.15, 0.2) is 5.96 Å². The number of amides is 1. The molecule has 0 spiro atoms. The Kier molecular flexibility index (Phi) is 10.2. The molecule has 0 saturated carbocycles. The monoisotopic (exact) mass is 503 g/mol. The lowest BCUT2D eigenvalue weighted by Gasteiger charge is -2.22. The van der Waals surface area contributed by atoms with E-state index >= 15 is 0 Å². The zero-order valence-corrected chi connectivity index (χ0v) is 19.0. The van der Waals surface area contributed by atoms with Crippen LogP contribution in [0.5, 0.6) is 0 Å². The number of hydrogen-bond donors (Lipinski definition) is 2. The highest BCUT2D eigenvalue weighted by atomic mass is 127. The molecule has 148 valence electrons. The van der Waals surface area contributed by atoms with Crippen molar-refractivity contribution in [3.63, 3.8) is 0 Å². The third-order valence-corrected chi connectivity index (χ3v) is 4.07. The molecule has 0 fully saturated rings. The molecule has 1 aromatic heterocycles. The molecule has 0 aliphatic heterocycles. The minimum atomic E-state index is -0.0855. The number of nitrogens with zero attached hydrogens (tertiary/aromatic N) is 3. The van der Waals surface area contributed by atoms with Gasteiger partial charge in [-0.05, 0) is 25.1 Å². The van der Waals surface area contributed by atoms with Gasteiger partial charge in [-0.15, -0.1) is 24.0 Å². The highest BCUT2D eigenvalue weighted by Crippen LogP contribution is 2.14. The number of aliphatic imine (C=N–C) groups is 1. The summed E-state index contributed by atoms with van der Waals surface area (Å²) in [5.74, 6) is 0.705. The van der Waals surface area contributed by atoms with Crippen molar-refractivity contribution < 1.29 is 4.79 Å². The Morgan fingerprint density at radius 3 is 2.56 bits per heavy atom. The summed E-state index contributed by atoms with van der Waals surface area (Å²) in [4.78, 5) is 18.7. The average Bonchev–Trinajstić information content (AvgIpc) is 2.95. The Morgan fingerprint density at radius 1 is 1.26 bits per heavy atom. The molecule has 0 bridgehead atoms. The van der Waals surface area contributed by atoms with Crippen molar-refractivity contribution in [1.29, 1.82) is 0 Å². The number of halogens is 2. The molecule has 0 aliphatic carbocycles. The summed E-state index contributed by atoms with van der Waals surface area (Å²) in [5.41, 5.74) is 1.75. The van der Waals surface area contributed by atoms with E-state index in [0.29, 0.717) is 25.2 Å². The number of carbonyl (C=O) groups is 1. The van der Waals surface area contributed by atoms with Crippen molar-refractivity contribution in [2.45, 2.75) is 13.5 Å². The van der Waals surface area contributed by atoms with E-state index in [1.807, 2.05) is 60.9 Å². The van der Waals surface area contributed by atoms with Gasteiger partial charge in [0.2, 0.25) is 0 Å². The van der Waals surface area contributed by atoms with Gasteiger partial charge < -0.3 is 20.1 Å². The smallest absolute Gasteiger partial charge is 0.251 e. The first-order valence-corrected chi connectivity index (χ1v) is 9.02. The van der Waals surface area contributed by atoms with Gasteiger partial charge in [-0.25, -0.2) is 0 Å². The first-order valence-electron chi connectivity index (χ1n) is 8.64. The number of rotatable bonds is 7. The molecule has 1 amide bonds. The lowest BCUT2D eigenvalue weighted by Crippen LogP contribution is -2.39. The van der Waals surface area contributed by atoms with E-state index in [4.69, 9.17) is 11.6 Å². The van der Waals surface area contributed by atoms with E-state index in [0.717, 1.165) is 23.2 Å². The van der Waals surface area contributed by atoms with Gasteiger partial charge in [0.05, 0.1) is 18.1 Å². The summed E-state index contributed by atoms with van der Waals surface area (Å²) >= 11 is 6.05. The standard InChI is InChI=1S/C19H26ClN5O.HI/c1-4-21-19(25(3)14-17-12-16(20)13-24(17)2)23-11-10-22-18(26)15-8-6-5-7-9-15;/h5-9,12-13H,4,10-11,14H2,1-3H3,(H,21,23)(H,22,26);1H. The normalized spacial score (nSPS) is 10.9. The van der Waals surface area contributed by atoms with Crippen LogP contribution in [0, 0.1) is 0 Å². The van der Waals surface area contributed by atoms with Gasteiger partial charge in [-0.1, -0.05) is 29.8 Å². The molecule has 2 N–H and O–H groups in total. The fourth-order valence-electron chi connectivity index (χ4n) is 2.53. The van der Waals surface area contributed by atoms with Crippen molar-refractivity contribution in [3.8, 4) is 0 Å². The molecular weight excluding hydrogens is 477 g/mol. The molecule has 2 rings (SSSR count). The number of carbonyl (C=O) groups excluding carboxylic acids is 1. The number of hydrogen-bond acceptors (Lipinski definition) is 2. The van der Waals surface area contributed by atoms with E-state index in [2.05, 4.69) is 15.6 Å². The molecular formula is C19H27ClIN5O. The van der Waals surface area contributed by atoms with E-state index in [9.17, 15) is 4.79 Å². The van der Waals surface area contributed by atoms with Crippen molar-refractivity contribution >= 4 is 47.4 Å². The molecule has 8 heteroatoms. The van der Waals surface area contributed by atoms with Gasteiger partial charge >= 0.3 is 0 Å². The maximum atomic E-state index is 12.0. The molecule has 2 aromatic rings. The Morgan fingerprint density at radius 2 is 1.96 bits per heavy atom. The van der Waals surface area contributed by atoms with E-state index in [-0.39, 0.29) is 29.9 Å².